The summed E-state index contributed by atoms with van der Waals surface area (Å²) in [4.78, 5) is 7.09. The number of rotatable bonds is 8. The first-order valence-corrected chi connectivity index (χ1v) is 11.3. The van der Waals surface area contributed by atoms with Crippen molar-refractivity contribution in [2.24, 2.45) is 10.9 Å². The highest BCUT2D eigenvalue weighted by atomic mass is 32.2. The molecule has 0 radical (unpaired) electrons. The van der Waals surface area contributed by atoms with E-state index in [1.54, 1.807) is 20.8 Å². The van der Waals surface area contributed by atoms with Crippen LogP contribution in [0, 0.1) is 5.92 Å². The molecule has 25 heavy (non-hydrogen) atoms. The molecule has 2 N–H and O–H groups in total. The second-order valence-corrected chi connectivity index (χ2v) is 10.9. The summed E-state index contributed by atoms with van der Waals surface area (Å²) in [7, 11) is -3.10. The van der Waals surface area contributed by atoms with Crippen LogP contribution in [0.5, 0.6) is 0 Å². The van der Waals surface area contributed by atoms with Gasteiger partial charge >= 0.3 is 0 Å². The van der Waals surface area contributed by atoms with Gasteiger partial charge in [-0.25, -0.2) is 8.42 Å². The molecule has 0 atom stereocenters. The van der Waals surface area contributed by atoms with Crippen LogP contribution in [0.2, 0.25) is 0 Å². The summed E-state index contributed by atoms with van der Waals surface area (Å²) < 4.78 is 23.6. The highest BCUT2D eigenvalue weighted by Crippen LogP contribution is 2.16. The number of likely N-dealkylation sites (tertiary alicyclic amines) is 1. The lowest BCUT2D eigenvalue weighted by molar-refractivity contribution is 0.192. The molecule has 0 aromatic rings. The molecule has 0 unspecified atom stereocenters. The van der Waals surface area contributed by atoms with E-state index in [2.05, 4.69) is 27.4 Å². The minimum Gasteiger partial charge on any atom is -0.357 e. The van der Waals surface area contributed by atoms with Crippen LogP contribution in [0.1, 0.15) is 53.9 Å². The molecule has 1 aliphatic rings. The van der Waals surface area contributed by atoms with Crippen LogP contribution >= 0.6 is 0 Å². The van der Waals surface area contributed by atoms with Gasteiger partial charge in [0.15, 0.2) is 15.8 Å². The minimum atomic E-state index is -3.10. The Bertz CT molecular complexity index is 504. The average molecular weight is 375 g/mol. The van der Waals surface area contributed by atoms with Crippen LogP contribution in [-0.2, 0) is 9.84 Å². The fraction of sp³-hybridized carbons (Fsp3) is 0.944. The summed E-state index contributed by atoms with van der Waals surface area (Å²) in [6.45, 7) is 15.0. The molecule has 0 spiro atoms. The van der Waals surface area contributed by atoms with Gasteiger partial charge in [0, 0.05) is 19.6 Å². The topological polar surface area (TPSA) is 73.8 Å². The van der Waals surface area contributed by atoms with Crippen molar-refractivity contribution in [3.05, 3.63) is 0 Å². The third kappa shape index (κ3) is 8.40. The molecular weight excluding hydrogens is 336 g/mol. The summed E-state index contributed by atoms with van der Waals surface area (Å²) in [5.74, 6) is 1.69. The molecule has 6 nitrogen and oxygen atoms in total. The van der Waals surface area contributed by atoms with E-state index in [0.717, 1.165) is 32.0 Å². The fourth-order valence-electron chi connectivity index (χ4n) is 2.72. The quantitative estimate of drug-likeness (QED) is 0.385. The van der Waals surface area contributed by atoms with Gasteiger partial charge in [0.2, 0.25) is 0 Å². The van der Waals surface area contributed by atoms with Crippen LogP contribution in [0.3, 0.4) is 0 Å². The Morgan fingerprint density at radius 2 is 1.84 bits per heavy atom. The van der Waals surface area contributed by atoms with Gasteiger partial charge in [0.1, 0.15) is 0 Å². The maximum Gasteiger partial charge on any atom is 0.191 e. The fourth-order valence-corrected chi connectivity index (χ4v) is 3.71. The van der Waals surface area contributed by atoms with Crippen LogP contribution in [-0.4, -0.2) is 69.0 Å². The Balaban J connectivity index is 2.34. The van der Waals surface area contributed by atoms with E-state index in [1.165, 1.54) is 25.9 Å². The van der Waals surface area contributed by atoms with Gasteiger partial charge in [-0.1, -0.05) is 6.92 Å². The maximum absolute atomic E-state index is 12.1. The third-order valence-corrected chi connectivity index (χ3v) is 7.33. The molecule has 148 valence electrons. The van der Waals surface area contributed by atoms with E-state index < -0.39 is 14.6 Å². The lowest BCUT2D eigenvalue weighted by Gasteiger charge is -2.29. The van der Waals surface area contributed by atoms with Crippen molar-refractivity contribution in [1.29, 1.82) is 0 Å². The van der Waals surface area contributed by atoms with Crippen molar-refractivity contribution >= 4 is 15.8 Å². The van der Waals surface area contributed by atoms with Crippen molar-refractivity contribution in [3.63, 3.8) is 0 Å². The Morgan fingerprint density at radius 1 is 1.20 bits per heavy atom. The zero-order chi connectivity index (χ0) is 18.9. The van der Waals surface area contributed by atoms with Crippen molar-refractivity contribution in [2.75, 3.05) is 45.0 Å². The SMILES string of the molecule is CCNC(=NCCCN1CCC(C)CC1)NCCS(=O)(=O)C(C)(C)C. The smallest absolute Gasteiger partial charge is 0.191 e. The van der Waals surface area contributed by atoms with E-state index >= 15 is 0 Å². The summed E-state index contributed by atoms with van der Waals surface area (Å²) in [6.07, 6.45) is 3.64. The average Bonchev–Trinajstić information content (AvgIpc) is 2.52. The highest BCUT2D eigenvalue weighted by Gasteiger charge is 2.28. The number of hydrogen-bond acceptors (Lipinski definition) is 4. The zero-order valence-electron chi connectivity index (χ0n) is 16.8. The Labute approximate surface area is 154 Å². The molecule has 0 bridgehead atoms. The molecule has 0 aromatic carbocycles. The lowest BCUT2D eigenvalue weighted by atomic mass is 9.99. The first-order chi connectivity index (χ1) is 11.7. The van der Waals surface area contributed by atoms with E-state index in [-0.39, 0.29) is 5.75 Å². The highest BCUT2D eigenvalue weighted by molar-refractivity contribution is 7.92. The number of guanidine groups is 1. The van der Waals surface area contributed by atoms with Gasteiger partial charge in [-0.3, -0.25) is 4.99 Å². The van der Waals surface area contributed by atoms with E-state index in [1.807, 2.05) is 6.92 Å². The van der Waals surface area contributed by atoms with Gasteiger partial charge in [0.25, 0.3) is 0 Å². The molecule has 1 heterocycles. The van der Waals surface area contributed by atoms with Gasteiger partial charge in [-0.2, -0.15) is 0 Å². The van der Waals surface area contributed by atoms with Crippen molar-refractivity contribution < 1.29 is 8.42 Å². The largest absolute Gasteiger partial charge is 0.357 e. The van der Waals surface area contributed by atoms with Crippen LogP contribution in [0.4, 0.5) is 0 Å². The van der Waals surface area contributed by atoms with Gasteiger partial charge in [0.05, 0.1) is 10.5 Å². The number of hydrogen-bond donors (Lipinski definition) is 2. The van der Waals surface area contributed by atoms with Gasteiger partial charge in [-0.05, 0) is 72.5 Å². The monoisotopic (exact) mass is 374 g/mol. The zero-order valence-corrected chi connectivity index (χ0v) is 17.6. The number of aliphatic imine (C=N–C) groups is 1. The van der Waals surface area contributed by atoms with Crippen molar-refractivity contribution in [2.45, 2.75) is 58.6 Å². The van der Waals surface area contributed by atoms with E-state index in [0.29, 0.717) is 12.5 Å². The lowest BCUT2D eigenvalue weighted by Crippen LogP contribution is -2.42. The first-order valence-electron chi connectivity index (χ1n) is 9.62. The third-order valence-electron chi connectivity index (χ3n) is 4.72. The van der Waals surface area contributed by atoms with Crippen molar-refractivity contribution in [3.8, 4) is 0 Å². The molecule has 0 aliphatic carbocycles. The molecule has 1 aliphatic heterocycles. The summed E-state index contributed by atoms with van der Waals surface area (Å²) >= 11 is 0. The van der Waals surface area contributed by atoms with Gasteiger partial charge < -0.3 is 15.5 Å². The minimum absolute atomic E-state index is 0.118. The predicted molar refractivity (Wildman–Crippen MR) is 107 cm³/mol. The second-order valence-electron chi connectivity index (χ2n) is 8.00. The number of piperidine rings is 1. The standard InChI is InChI=1S/C18H38N4O2S/c1-6-19-17(21-11-15-25(23,24)18(3,4)5)20-10-7-12-22-13-8-16(2)9-14-22/h16H,6-15H2,1-5H3,(H2,19,20,21). The number of nitrogens with one attached hydrogen (secondary N) is 2. The molecule has 0 amide bonds. The van der Waals surface area contributed by atoms with Crippen LogP contribution in [0.15, 0.2) is 4.99 Å². The second kappa shape index (κ2) is 10.4. The summed E-state index contributed by atoms with van der Waals surface area (Å²) in [5.41, 5.74) is 0. The Morgan fingerprint density at radius 3 is 2.40 bits per heavy atom. The normalized spacial score (nSPS) is 18.4. The Kier molecular flexibility index (Phi) is 9.21. The molecule has 0 aromatic heterocycles. The number of sulfone groups is 1. The molecular formula is C18H38N4O2S. The van der Waals surface area contributed by atoms with E-state index in [4.69, 9.17) is 0 Å². The molecule has 7 heteroatoms. The van der Waals surface area contributed by atoms with E-state index in [9.17, 15) is 8.42 Å². The molecule has 1 rings (SSSR count). The predicted octanol–water partition coefficient (Wildman–Crippen LogP) is 1.88. The summed E-state index contributed by atoms with van der Waals surface area (Å²) in [5, 5.41) is 6.32. The van der Waals surface area contributed by atoms with Gasteiger partial charge in [-0.15, -0.1) is 0 Å². The first kappa shape index (κ1) is 22.2. The molecule has 1 saturated heterocycles. The maximum atomic E-state index is 12.1. The summed E-state index contributed by atoms with van der Waals surface area (Å²) in [6, 6.07) is 0. The number of nitrogens with zero attached hydrogens (tertiary/aromatic N) is 2. The van der Waals surface area contributed by atoms with Crippen LogP contribution in [0.25, 0.3) is 0 Å². The van der Waals surface area contributed by atoms with Crippen LogP contribution < -0.4 is 10.6 Å². The van der Waals surface area contributed by atoms with Crippen molar-refractivity contribution in [1.82, 2.24) is 15.5 Å². The Hall–Kier alpha value is -0.820. The molecule has 0 saturated carbocycles. The molecule has 1 fully saturated rings.